The van der Waals surface area contributed by atoms with Gasteiger partial charge in [-0.15, -0.1) is 0 Å². The van der Waals surface area contributed by atoms with Crippen LogP contribution in [0.1, 0.15) is 18.1 Å². The van der Waals surface area contributed by atoms with Crippen molar-refractivity contribution in [3.63, 3.8) is 0 Å². The average molecular weight is 699 g/mol. The topological polar surface area (TPSA) is 38.8 Å². The van der Waals surface area contributed by atoms with Crippen LogP contribution >= 0.6 is 69.2 Å². The Morgan fingerprint density at radius 3 is 2.45 bits per heavy atom. The smallest absolute Gasteiger partial charge is 0.270 e. The monoisotopic (exact) mass is 699 g/mol. The molecule has 0 aromatic heterocycles. The van der Waals surface area contributed by atoms with Crippen LogP contribution in [0.2, 0.25) is 0 Å². The molecule has 0 unspecified atom stereocenters. The summed E-state index contributed by atoms with van der Waals surface area (Å²) in [5.41, 5.74) is 2.66. The summed E-state index contributed by atoms with van der Waals surface area (Å²) < 4.78 is 14.3. The molecule has 168 valence electrons. The zero-order valence-electron chi connectivity index (χ0n) is 17.6. The molecular weight excluding hydrogens is 680 g/mol. The summed E-state index contributed by atoms with van der Waals surface area (Å²) >= 11 is 11.4. The van der Waals surface area contributed by atoms with Crippen LogP contribution in [0.4, 0.5) is 5.69 Å². The zero-order chi connectivity index (χ0) is 23.4. The molecule has 0 radical (unpaired) electrons. The number of anilines is 1. The molecule has 0 aliphatic carbocycles. The molecule has 0 spiro atoms. The lowest BCUT2D eigenvalue weighted by Gasteiger charge is -2.15. The third-order valence-electron chi connectivity index (χ3n) is 4.75. The quantitative estimate of drug-likeness (QED) is 0.147. The first-order valence-electron chi connectivity index (χ1n) is 10.1. The minimum Gasteiger partial charge on any atom is -0.494 e. The van der Waals surface area contributed by atoms with Crippen molar-refractivity contribution in [1.82, 2.24) is 0 Å². The van der Waals surface area contributed by atoms with Gasteiger partial charge in [-0.1, -0.05) is 54.3 Å². The van der Waals surface area contributed by atoms with Gasteiger partial charge in [0.05, 0.1) is 20.8 Å². The van der Waals surface area contributed by atoms with E-state index in [-0.39, 0.29) is 5.91 Å². The molecule has 1 saturated heterocycles. The molecule has 0 atom stereocenters. The zero-order valence-corrected chi connectivity index (χ0v) is 23.5. The van der Waals surface area contributed by atoms with Gasteiger partial charge in [0.1, 0.15) is 18.1 Å². The van der Waals surface area contributed by atoms with Crippen LogP contribution in [0.15, 0.2) is 71.6 Å². The first-order valence-corrected chi connectivity index (χ1v) is 13.5. The van der Waals surface area contributed by atoms with E-state index in [1.165, 1.54) is 11.8 Å². The van der Waals surface area contributed by atoms with Gasteiger partial charge in [0.2, 0.25) is 0 Å². The molecule has 3 aromatic rings. The van der Waals surface area contributed by atoms with Crippen molar-refractivity contribution in [3.05, 3.63) is 89.9 Å². The Hall–Kier alpha value is -1.63. The van der Waals surface area contributed by atoms with E-state index < -0.39 is 0 Å². The maximum atomic E-state index is 13.3. The van der Waals surface area contributed by atoms with Gasteiger partial charge in [-0.3, -0.25) is 9.69 Å². The third-order valence-corrected chi connectivity index (χ3v) is 7.48. The molecule has 8 heteroatoms. The van der Waals surface area contributed by atoms with Crippen LogP contribution in [0, 0.1) is 7.14 Å². The highest BCUT2D eigenvalue weighted by molar-refractivity contribution is 14.1. The predicted molar refractivity (Wildman–Crippen MR) is 156 cm³/mol. The van der Waals surface area contributed by atoms with Gasteiger partial charge >= 0.3 is 0 Å². The fourth-order valence-electron chi connectivity index (χ4n) is 3.26. The second-order valence-corrected chi connectivity index (χ2v) is 11.1. The van der Waals surface area contributed by atoms with Crippen molar-refractivity contribution in [2.75, 3.05) is 11.5 Å². The normalized spacial score (nSPS) is 14.8. The van der Waals surface area contributed by atoms with Gasteiger partial charge in [0.15, 0.2) is 4.32 Å². The van der Waals surface area contributed by atoms with E-state index in [2.05, 4.69) is 51.2 Å². The Morgan fingerprint density at radius 2 is 1.76 bits per heavy atom. The number of halogens is 2. The molecule has 0 bridgehead atoms. The standard InChI is InChI=1S/C25H19I2NO3S2/c1-2-30-20-10-8-19(9-11-20)28-24(29)22(33-25(28)32)13-17-12-18(26)14-21(27)23(17)31-15-16-6-4-3-5-7-16/h3-14H,2,15H2,1H3/b22-13+. The number of hydrogen-bond donors (Lipinski definition) is 0. The van der Waals surface area contributed by atoms with Crippen molar-refractivity contribution in [2.24, 2.45) is 0 Å². The van der Waals surface area contributed by atoms with E-state index in [0.29, 0.717) is 22.4 Å². The number of amides is 1. The highest BCUT2D eigenvalue weighted by Crippen LogP contribution is 2.39. The lowest BCUT2D eigenvalue weighted by Crippen LogP contribution is -2.27. The van der Waals surface area contributed by atoms with Crippen LogP contribution in [0.25, 0.3) is 6.08 Å². The summed E-state index contributed by atoms with van der Waals surface area (Å²) in [5.74, 6) is 1.37. The molecule has 1 amide bonds. The first kappa shape index (κ1) is 24.5. The summed E-state index contributed by atoms with van der Waals surface area (Å²) in [5, 5.41) is 0. The second-order valence-electron chi connectivity index (χ2n) is 7.02. The Bertz CT molecular complexity index is 1210. The summed E-state index contributed by atoms with van der Waals surface area (Å²) in [4.78, 5) is 15.4. The lowest BCUT2D eigenvalue weighted by atomic mass is 10.1. The highest BCUT2D eigenvalue weighted by atomic mass is 127. The van der Waals surface area contributed by atoms with E-state index in [1.807, 2.05) is 73.7 Å². The molecule has 1 aliphatic heterocycles. The van der Waals surface area contributed by atoms with Crippen molar-refractivity contribution in [2.45, 2.75) is 13.5 Å². The average Bonchev–Trinajstić information content (AvgIpc) is 3.07. The molecule has 1 aliphatic rings. The van der Waals surface area contributed by atoms with Crippen LogP contribution in [-0.2, 0) is 11.4 Å². The van der Waals surface area contributed by atoms with E-state index in [9.17, 15) is 4.79 Å². The Kier molecular flexibility index (Phi) is 8.31. The molecule has 4 rings (SSSR count). The van der Waals surface area contributed by atoms with Crippen molar-refractivity contribution in [1.29, 1.82) is 0 Å². The summed E-state index contributed by atoms with van der Waals surface area (Å²) in [6, 6.07) is 21.5. The highest BCUT2D eigenvalue weighted by Gasteiger charge is 2.33. The van der Waals surface area contributed by atoms with Crippen LogP contribution < -0.4 is 14.4 Å². The fourth-order valence-corrected chi connectivity index (χ4v) is 6.59. The predicted octanol–water partition coefficient (Wildman–Crippen LogP) is 7.28. The number of thioether (sulfide) groups is 1. The van der Waals surface area contributed by atoms with E-state index >= 15 is 0 Å². The molecule has 1 heterocycles. The largest absolute Gasteiger partial charge is 0.494 e. The Morgan fingerprint density at radius 1 is 1.03 bits per heavy atom. The molecule has 0 saturated carbocycles. The minimum atomic E-state index is -0.142. The van der Waals surface area contributed by atoms with Crippen LogP contribution in [0.5, 0.6) is 11.5 Å². The number of carbonyl (C=O) groups excluding carboxylic acids is 1. The summed E-state index contributed by atoms with van der Waals surface area (Å²) in [6.07, 6.45) is 1.87. The van der Waals surface area contributed by atoms with Gasteiger partial charge in [-0.05, 0) is 100 Å². The van der Waals surface area contributed by atoms with Gasteiger partial charge < -0.3 is 9.47 Å². The van der Waals surface area contributed by atoms with E-state index in [0.717, 1.165) is 35.5 Å². The molecule has 33 heavy (non-hydrogen) atoms. The fraction of sp³-hybridized carbons (Fsp3) is 0.120. The van der Waals surface area contributed by atoms with Gasteiger partial charge in [0, 0.05) is 9.13 Å². The van der Waals surface area contributed by atoms with Crippen molar-refractivity contribution in [3.8, 4) is 11.5 Å². The van der Waals surface area contributed by atoms with Crippen LogP contribution in [-0.4, -0.2) is 16.8 Å². The van der Waals surface area contributed by atoms with E-state index in [1.54, 1.807) is 4.90 Å². The molecule has 4 nitrogen and oxygen atoms in total. The Balaban J connectivity index is 1.61. The molecular formula is C25H19I2NO3S2. The maximum Gasteiger partial charge on any atom is 0.270 e. The Labute approximate surface area is 230 Å². The number of thiocarbonyl (C=S) groups is 1. The number of hydrogen-bond acceptors (Lipinski definition) is 5. The van der Waals surface area contributed by atoms with Crippen molar-refractivity contribution >= 4 is 91.2 Å². The first-order chi connectivity index (χ1) is 16.0. The van der Waals surface area contributed by atoms with E-state index in [4.69, 9.17) is 21.7 Å². The summed E-state index contributed by atoms with van der Waals surface area (Å²) in [6.45, 7) is 2.97. The summed E-state index contributed by atoms with van der Waals surface area (Å²) in [7, 11) is 0. The van der Waals surface area contributed by atoms with Crippen molar-refractivity contribution < 1.29 is 14.3 Å². The van der Waals surface area contributed by atoms with Gasteiger partial charge in [-0.25, -0.2) is 0 Å². The minimum absolute atomic E-state index is 0.142. The number of nitrogens with zero attached hydrogens (tertiary/aromatic N) is 1. The van der Waals surface area contributed by atoms with Gasteiger partial charge in [0.25, 0.3) is 5.91 Å². The SMILES string of the molecule is CCOc1ccc(N2C(=O)/C(=C\c3cc(I)cc(I)c3OCc3ccccc3)SC2=S)cc1. The number of carbonyl (C=O) groups is 1. The third kappa shape index (κ3) is 5.90. The molecule has 0 N–H and O–H groups in total. The molecule has 3 aromatic carbocycles. The lowest BCUT2D eigenvalue weighted by molar-refractivity contribution is -0.113. The second kappa shape index (κ2) is 11.2. The number of ether oxygens (including phenoxy) is 2. The van der Waals surface area contributed by atoms with Gasteiger partial charge in [-0.2, -0.15) is 0 Å². The number of rotatable bonds is 7. The van der Waals surface area contributed by atoms with Crippen LogP contribution in [0.3, 0.4) is 0 Å². The molecule has 1 fully saturated rings. The maximum absolute atomic E-state index is 13.3. The number of benzene rings is 3.